The highest BCUT2D eigenvalue weighted by Crippen LogP contribution is 2.13. The average Bonchev–Trinajstić information content (AvgIpc) is 3.34. The van der Waals surface area contributed by atoms with Crippen LogP contribution in [-0.2, 0) is 11.3 Å². The summed E-state index contributed by atoms with van der Waals surface area (Å²) in [5, 5.41) is 18.7. The number of non-ortho nitro benzene ring substituents is 1. The number of carbonyl (C=O) groups excluding carboxylic acids is 3. The quantitative estimate of drug-likeness (QED) is 0.348. The zero-order chi connectivity index (χ0) is 22.9. The van der Waals surface area contributed by atoms with Crippen LogP contribution in [0.4, 0.5) is 11.4 Å². The molecule has 0 aliphatic rings. The number of furan rings is 1. The molecule has 10 nitrogen and oxygen atoms in total. The first-order valence-corrected chi connectivity index (χ1v) is 9.65. The molecule has 2 aromatic carbocycles. The number of hydrogen-bond donors (Lipinski definition) is 3. The number of amides is 3. The Morgan fingerprint density at radius 3 is 2.25 bits per heavy atom. The number of hydrogen-bond acceptors (Lipinski definition) is 6. The lowest BCUT2D eigenvalue weighted by molar-refractivity contribution is -0.384. The molecule has 1 heterocycles. The highest BCUT2D eigenvalue weighted by atomic mass is 16.6. The van der Waals surface area contributed by atoms with E-state index in [1.807, 2.05) is 0 Å². The van der Waals surface area contributed by atoms with Crippen LogP contribution in [0.2, 0.25) is 0 Å². The van der Waals surface area contributed by atoms with Crippen molar-refractivity contribution in [2.45, 2.75) is 13.0 Å². The second kappa shape index (κ2) is 10.5. The van der Waals surface area contributed by atoms with E-state index in [2.05, 4.69) is 16.0 Å². The SMILES string of the molecule is O=C(CCNC(=O)c1ccc([N+](=O)[O-])cc1)NCc1ccc(NC(=O)c2ccco2)cc1. The monoisotopic (exact) mass is 436 g/mol. The van der Waals surface area contributed by atoms with E-state index < -0.39 is 10.8 Å². The van der Waals surface area contributed by atoms with Crippen molar-refractivity contribution in [2.24, 2.45) is 0 Å². The lowest BCUT2D eigenvalue weighted by Crippen LogP contribution is -2.30. The van der Waals surface area contributed by atoms with Crippen LogP contribution in [0.5, 0.6) is 0 Å². The molecular formula is C22H20N4O6. The Kier molecular flexibility index (Phi) is 7.31. The molecule has 32 heavy (non-hydrogen) atoms. The largest absolute Gasteiger partial charge is 0.459 e. The molecular weight excluding hydrogens is 416 g/mol. The summed E-state index contributed by atoms with van der Waals surface area (Å²) in [4.78, 5) is 46.0. The maximum atomic E-state index is 12.0. The van der Waals surface area contributed by atoms with Crippen LogP contribution in [0, 0.1) is 10.1 Å². The van der Waals surface area contributed by atoms with Gasteiger partial charge in [-0.2, -0.15) is 0 Å². The lowest BCUT2D eigenvalue weighted by Gasteiger charge is -2.08. The Hall–Kier alpha value is -4.47. The van der Waals surface area contributed by atoms with Crippen molar-refractivity contribution in [3.05, 3.63) is 93.9 Å². The minimum Gasteiger partial charge on any atom is -0.459 e. The predicted octanol–water partition coefficient (Wildman–Crippen LogP) is 2.88. The number of nitrogens with zero attached hydrogens (tertiary/aromatic N) is 1. The van der Waals surface area contributed by atoms with Crippen molar-refractivity contribution in [3.8, 4) is 0 Å². The van der Waals surface area contributed by atoms with E-state index in [0.29, 0.717) is 12.2 Å². The zero-order valence-electron chi connectivity index (χ0n) is 16.9. The second-order valence-electron chi connectivity index (χ2n) is 6.71. The maximum Gasteiger partial charge on any atom is 0.291 e. The van der Waals surface area contributed by atoms with Gasteiger partial charge in [0.15, 0.2) is 5.76 Å². The third kappa shape index (κ3) is 6.26. The smallest absolute Gasteiger partial charge is 0.291 e. The highest BCUT2D eigenvalue weighted by molar-refractivity contribution is 6.02. The van der Waals surface area contributed by atoms with Crippen LogP contribution in [0.15, 0.2) is 71.3 Å². The summed E-state index contributed by atoms with van der Waals surface area (Å²) < 4.78 is 5.03. The van der Waals surface area contributed by atoms with Gasteiger partial charge in [-0.1, -0.05) is 12.1 Å². The van der Waals surface area contributed by atoms with Crippen LogP contribution in [0.25, 0.3) is 0 Å². The molecule has 3 amide bonds. The number of carbonyl (C=O) groups is 3. The van der Waals surface area contributed by atoms with Crippen LogP contribution in [0.1, 0.15) is 32.9 Å². The molecule has 3 N–H and O–H groups in total. The van der Waals surface area contributed by atoms with Crippen LogP contribution < -0.4 is 16.0 Å². The summed E-state index contributed by atoms with van der Waals surface area (Å²) in [6.45, 7) is 0.418. The second-order valence-corrected chi connectivity index (χ2v) is 6.71. The minimum atomic E-state index is -0.545. The molecule has 0 atom stereocenters. The van der Waals surface area contributed by atoms with E-state index in [1.54, 1.807) is 36.4 Å². The maximum absolute atomic E-state index is 12.0. The normalized spacial score (nSPS) is 10.2. The Morgan fingerprint density at radius 2 is 1.62 bits per heavy atom. The summed E-state index contributed by atoms with van der Waals surface area (Å²) >= 11 is 0. The third-order valence-corrected chi connectivity index (χ3v) is 4.42. The molecule has 0 aliphatic carbocycles. The minimum absolute atomic E-state index is 0.0794. The van der Waals surface area contributed by atoms with Gasteiger partial charge in [-0.15, -0.1) is 0 Å². The summed E-state index contributed by atoms with van der Waals surface area (Å²) in [5.41, 5.74) is 1.60. The molecule has 0 radical (unpaired) electrons. The Balaban J connectivity index is 1.37. The number of nitro groups is 1. The van der Waals surface area contributed by atoms with E-state index >= 15 is 0 Å². The van der Waals surface area contributed by atoms with Gasteiger partial charge in [-0.3, -0.25) is 24.5 Å². The van der Waals surface area contributed by atoms with Crippen LogP contribution in [0.3, 0.4) is 0 Å². The molecule has 1 aromatic heterocycles. The van der Waals surface area contributed by atoms with Crippen molar-refractivity contribution < 1.29 is 23.7 Å². The van der Waals surface area contributed by atoms with Gasteiger partial charge in [0.1, 0.15) is 0 Å². The third-order valence-electron chi connectivity index (χ3n) is 4.42. The molecule has 164 valence electrons. The molecule has 3 rings (SSSR count). The number of rotatable bonds is 9. The summed E-state index contributed by atoms with van der Waals surface area (Å²) in [6.07, 6.45) is 1.50. The van der Waals surface area contributed by atoms with Gasteiger partial charge in [-0.05, 0) is 42.0 Å². The lowest BCUT2D eigenvalue weighted by atomic mass is 10.2. The molecule has 0 unspecified atom stereocenters. The van der Waals surface area contributed by atoms with Gasteiger partial charge in [0.25, 0.3) is 17.5 Å². The Bertz CT molecular complexity index is 1090. The van der Waals surface area contributed by atoms with E-state index in [-0.39, 0.29) is 41.8 Å². The molecule has 0 saturated carbocycles. The van der Waals surface area contributed by atoms with Gasteiger partial charge < -0.3 is 20.4 Å². The standard InChI is InChI=1S/C22H20N4O6/c27-20(11-12-23-21(28)16-5-9-18(10-6-16)26(30)31)24-14-15-3-7-17(8-4-15)25-22(29)19-2-1-13-32-19/h1-10,13H,11-12,14H2,(H,23,28)(H,24,27)(H,25,29). The fourth-order valence-electron chi connectivity index (χ4n) is 2.72. The number of nitro benzene ring substituents is 1. The number of anilines is 1. The first-order chi connectivity index (χ1) is 15.4. The Morgan fingerprint density at radius 1 is 0.906 bits per heavy atom. The van der Waals surface area contributed by atoms with Crippen molar-refractivity contribution in [1.29, 1.82) is 0 Å². The van der Waals surface area contributed by atoms with Gasteiger partial charge in [0.2, 0.25) is 5.91 Å². The van der Waals surface area contributed by atoms with E-state index in [0.717, 1.165) is 5.56 Å². The average molecular weight is 436 g/mol. The summed E-state index contributed by atoms with van der Waals surface area (Å²) in [6, 6.07) is 15.4. The molecule has 10 heteroatoms. The van der Waals surface area contributed by atoms with Gasteiger partial charge in [-0.25, -0.2) is 0 Å². The first-order valence-electron chi connectivity index (χ1n) is 9.65. The fraction of sp³-hybridized carbons (Fsp3) is 0.136. The van der Waals surface area contributed by atoms with Gasteiger partial charge in [0.05, 0.1) is 11.2 Å². The summed E-state index contributed by atoms with van der Waals surface area (Å²) in [5.74, 6) is -0.807. The van der Waals surface area contributed by atoms with Gasteiger partial charge >= 0.3 is 0 Å². The summed E-state index contributed by atoms with van der Waals surface area (Å²) in [7, 11) is 0. The Labute approximate surface area is 182 Å². The predicted molar refractivity (Wildman–Crippen MR) is 115 cm³/mol. The van der Waals surface area contributed by atoms with Gasteiger partial charge in [0, 0.05) is 42.9 Å². The number of nitrogens with one attached hydrogen (secondary N) is 3. The zero-order valence-corrected chi connectivity index (χ0v) is 16.9. The molecule has 0 fully saturated rings. The highest BCUT2D eigenvalue weighted by Gasteiger charge is 2.11. The fourth-order valence-corrected chi connectivity index (χ4v) is 2.72. The molecule has 3 aromatic rings. The van der Waals surface area contributed by atoms with E-state index in [1.165, 1.54) is 30.5 Å². The first kappa shape index (κ1) is 22.2. The number of benzene rings is 2. The van der Waals surface area contributed by atoms with Crippen molar-refractivity contribution in [1.82, 2.24) is 10.6 Å². The topological polar surface area (TPSA) is 144 Å². The van der Waals surface area contributed by atoms with E-state index in [9.17, 15) is 24.5 Å². The molecule has 0 bridgehead atoms. The molecule has 0 aliphatic heterocycles. The van der Waals surface area contributed by atoms with Crippen molar-refractivity contribution >= 4 is 29.1 Å². The van der Waals surface area contributed by atoms with Crippen molar-refractivity contribution in [3.63, 3.8) is 0 Å². The van der Waals surface area contributed by atoms with E-state index in [4.69, 9.17) is 4.42 Å². The molecule has 0 saturated heterocycles. The van der Waals surface area contributed by atoms with Crippen molar-refractivity contribution in [2.75, 3.05) is 11.9 Å². The molecule has 0 spiro atoms. The van der Waals surface area contributed by atoms with Crippen LogP contribution >= 0.6 is 0 Å². The van der Waals surface area contributed by atoms with Crippen LogP contribution in [-0.4, -0.2) is 29.2 Å².